The van der Waals surface area contributed by atoms with Crippen molar-refractivity contribution in [3.05, 3.63) is 35.9 Å². The lowest BCUT2D eigenvalue weighted by atomic mass is 9.88. The zero-order chi connectivity index (χ0) is 39.8. The highest BCUT2D eigenvalue weighted by molar-refractivity contribution is 8.00. The Morgan fingerprint density at radius 2 is 1.64 bits per heavy atom. The van der Waals surface area contributed by atoms with E-state index in [1.54, 1.807) is 12.1 Å². The first-order valence-electron chi connectivity index (χ1n) is 19.6. The molecule has 302 valence electrons. The number of hydrogen-bond acceptors (Lipinski definition) is 10. The number of benzene rings is 1. The average Bonchev–Trinajstić information content (AvgIpc) is 3.60. The molecule has 1 N–H and O–H groups in total. The van der Waals surface area contributed by atoms with Gasteiger partial charge in [-0.05, 0) is 63.6 Å². The van der Waals surface area contributed by atoms with E-state index in [1.165, 1.54) is 18.7 Å². The Balaban J connectivity index is 2.32. The van der Waals surface area contributed by atoms with Crippen LogP contribution in [0.5, 0.6) is 0 Å². The fraction of sp³-hybridized carbons (Fsp3) is 0.756. The van der Waals surface area contributed by atoms with E-state index >= 15 is 0 Å². The number of likely N-dealkylation sites (N-methyl/N-ethyl adjacent to an activating group) is 2. The van der Waals surface area contributed by atoms with Gasteiger partial charge in [0.2, 0.25) is 11.8 Å². The van der Waals surface area contributed by atoms with E-state index < -0.39 is 17.4 Å². The Labute approximate surface area is 325 Å². The molecule has 0 spiro atoms. The van der Waals surface area contributed by atoms with Gasteiger partial charge in [-0.2, -0.15) is 0 Å². The van der Waals surface area contributed by atoms with E-state index in [9.17, 15) is 19.2 Å². The maximum atomic E-state index is 14.4. The summed E-state index contributed by atoms with van der Waals surface area (Å²) in [5.74, 6) is 0.666. The molecule has 7 atom stereocenters. The third-order valence-electron chi connectivity index (χ3n) is 10.7. The minimum Gasteiger partial charge on any atom is -0.465 e. The lowest BCUT2D eigenvalue weighted by Gasteiger charge is -2.41. The van der Waals surface area contributed by atoms with Crippen LogP contribution < -0.4 is 5.32 Å². The molecule has 2 rings (SSSR count). The van der Waals surface area contributed by atoms with Gasteiger partial charge in [-0.3, -0.25) is 24.2 Å². The number of thioether (sulfide) groups is 1. The summed E-state index contributed by atoms with van der Waals surface area (Å²) in [5, 5.41) is 6.96. The number of ketones is 1. The summed E-state index contributed by atoms with van der Waals surface area (Å²) < 4.78 is 11.2. The van der Waals surface area contributed by atoms with Gasteiger partial charge in [-0.1, -0.05) is 78.3 Å². The first-order chi connectivity index (χ1) is 25.0. The quantitative estimate of drug-likeness (QED) is 0.112. The Morgan fingerprint density at radius 3 is 2.19 bits per heavy atom. The van der Waals surface area contributed by atoms with Crippen LogP contribution in [0.3, 0.4) is 0 Å². The number of esters is 1. The molecule has 0 aliphatic carbocycles. The summed E-state index contributed by atoms with van der Waals surface area (Å²) in [6.45, 7) is 18.0. The van der Waals surface area contributed by atoms with Crippen LogP contribution in [-0.2, 0) is 35.1 Å². The largest absolute Gasteiger partial charge is 0.465 e. The highest BCUT2D eigenvalue weighted by Crippen LogP contribution is 2.28. The zero-order valence-corrected chi connectivity index (χ0v) is 35.6. The molecule has 1 aromatic carbocycles. The van der Waals surface area contributed by atoms with Crippen molar-refractivity contribution in [1.82, 2.24) is 25.1 Å². The van der Waals surface area contributed by atoms with Crippen LogP contribution in [0.25, 0.3) is 0 Å². The third kappa shape index (κ3) is 14.3. The molecule has 1 aliphatic rings. The highest BCUT2D eigenvalue weighted by Gasteiger charge is 2.42. The molecule has 0 saturated carbocycles. The van der Waals surface area contributed by atoms with Crippen LogP contribution in [0.4, 0.5) is 0 Å². The third-order valence-corrected chi connectivity index (χ3v) is 11.8. The SMILES string of the molecule is CCC(C)C(C(CC(=O)C1CCCN1N(CCc1ccccc1)C(=O)C(C)SCCOC(C)=O)OC)N(C)C(=O)C(NCC(C(C)C)N(C)C)C(C)C. The molecule has 1 aromatic rings. The van der Waals surface area contributed by atoms with Crippen LogP contribution in [0.2, 0.25) is 0 Å². The van der Waals surface area contributed by atoms with E-state index in [1.807, 2.05) is 54.2 Å². The minimum absolute atomic E-state index is 0.00132. The van der Waals surface area contributed by atoms with Gasteiger partial charge in [0.25, 0.3) is 0 Å². The summed E-state index contributed by atoms with van der Waals surface area (Å²) in [5.41, 5.74) is 1.11. The molecule has 1 saturated heterocycles. The molecule has 0 radical (unpaired) electrons. The standard InChI is InChI=1S/C41H71N5O6S/c1-13-30(6)39(44(11)41(50)38(29(4)5)42-27-35(28(2)3)43(9)10)37(51-12)26-36(48)34-20-17-22-45(34)46(23-21-33-18-15-14-16-19-33)40(49)31(7)53-25-24-52-32(8)47/h14-16,18-19,28-31,34-35,37-39,42H,13,17,20-27H2,1-12H3. The Bertz CT molecular complexity index is 1260. The van der Waals surface area contributed by atoms with Crippen molar-refractivity contribution in [2.75, 3.05) is 60.2 Å². The van der Waals surface area contributed by atoms with Gasteiger partial charge in [-0.15, -0.1) is 11.8 Å². The summed E-state index contributed by atoms with van der Waals surface area (Å²) >= 11 is 1.44. The highest BCUT2D eigenvalue weighted by atomic mass is 32.2. The number of hydrogen-bond donors (Lipinski definition) is 1. The molecule has 2 amide bonds. The van der Waals surface area contributed by atoms with E-state index in [0.29, 0.717) is 44.1 Å². The number of amides is 2. The van der Waals surface area contributed by atoms with Crippen LogP contribution in [0, 0.1) is 17.8 Å². The van der Waals surface area contributed by atoms with Gasteiger partial charge in [0.15, 0.2) is 5.78 Å². The van der Waals surface area contributed by atoms with Gasteiger partial charge < -0.3 is 24.6 Å². The number of carbonyl (C=O) groups excluding carboxylic acids is 4. The molecule has 1 heterocycles. The monoisotopic (exact) mass is 762 g/mol. The second-order valence-corrected chi connectivity index (χ2v) is 17.0. The van der Waals surface area contributed by atoms with E-state index in [-0.39, 0.29) is 66.6 Å². The first-order valence-corrected chi connectivity index (χ1v) is 20.7. The molecular weight excluding hydrogens is 691 g/mol. The second kappa shape index (κ2) is 23.4. The van der Waals surface area contributed by atoms with E-state index in [2.05, 4.69) is 65.9 Å². The topological polar surface area (TPSA) is 112 Å². The van der Waals surface area contributed by atoms with E-state index in [0.717, 1.165) is 18.4 Å². The average molecular weight is 762 g/mol. The van der Waals surface area contributed by atoms with Crippen molar-refractivity contribution in [2.24, 2.45) is 17.8 Å². The lowest BCUT2D eigenvalue weighted by molar-refractivity contribution is -0.155. The summed E-state index contributed by atoms with van der Waals surface area (Å²) in [4.78, 5) is 58.0. The first kappa shape index (κ1) is 46.6. The maximum Gasteiger partial charge on any atom is 0.302 e. The number of hydrazine groups is 1. The number of ether oxygens (including phenoxy) is 2. The molecule has 7 unspecified atom stereocenters. The predicted molar refractivity (Wildman–Crippen MR) is 216 cm³/mol. The summed E-state index contributed by atoms with van der Waals surface area (Å²) in [6, 6.07) is 9.14. The van der Waals surface area contributed by atoms with Crippen molar-refractivity contribution >= 4 is 35.3 Å². The normalized spacial score (nSPS) is 18.4. The number of Topliss-reactive ketones (excluding diaryl/α,β-unsaturated/α-hetero) is 1. The van der Waals surface area contributed by atoms with Gasteiger partial charge in [0, 0.05) is 58.9 Å². The number of carbonyl (C=O) groups is 4. The van der Waals surface area contributed by atoms with Gasteiger partial charge in [0.05, 0.1) is 29.5 Å². The van der Waals surface area contributed by atoms with Gasteiger partial charge >= 0.3 is 5.97 Å². The fourth-order valence-corrected chi connectivity index (χ4v) is 8.25. The van der Waals surface area contributed by atoms with Crippen molar-refractivity contribution < 1.29 is 28.7 Å². The summed E-state index contributed by atoms with van der Waals surface area (Å²) in [7, 11) is 7.62. The Hall–Kier alpha value is -2.51. The summed E-state index contributed by atoms with van der Waals surface area (Å²) in [6.07, 6.45) is 2.51. The van der Waals surface area contributed by atoms with Crippen LogP contribution in [-0.4, -0.2) is 139 Å². The minimum atomic E-state index is -0.518. The van der Waals surface area contributed by atoms with Crippen molar-refractivity contribution in [1.29, 1.82) is 0 Å². The Kier molecular flexibility index (Phi) is 20.6. The predicted octanol–water partition coefficient (Wildman–Crippen LogP) is 5.17. The molecule has 53 heavy (non-hydrogen) atoms. The molecule has 1 aliphatic heterocycles. The van der Waals surface area contributed by atoms with E-state index in [4.69, 9.17) is 9.47 Å². The number of rotatable bonds is 24. The number of methoxy groups -OCH3 is 1. The smallest absolute Gasteiger partial charge is 0.302 e. The zero-order valence-electron chi connectivity index (χ0n) is 34.8. The van der Waals surface area contributed by atoms with Crippen LogP contribution in [0.15, 0.2) is 30.3 Å². The molecule has 12 heteroatoms. The lowest BCUT2D eigenvalue weighted by Crippen LogP contribution is -2.58. The Morgan fingerprint density at radius 1 is 0.981 bits per heavy atom. The molecule has 1 fully saturated rings. The fourth-order valence-electron chi connectivity index (χ4n) is 7.46. The molecule has 0 bridgehead atoms. The number of nitrogens with one attached hydrogen (secondary N) is 1. The second-order valence-electron chi connectivity index (χ2n) is 15.5. The van der Waals surface area contributed by atoms with Crippen molar-refractivity contribution in [2.45, 2.75) is 123 Å². The van der Waals surface area contributed by atoms with Crippen LogP contribution in [0.1, 0.15) is 86.6 Å². The number of nitrogens with zero attached hydrogens (tertiary/aromatic N) is 4. The molecular formula is C41H71N5O6S. The molecule has 0 aromatic heterocycles. The van der Waals surface area contributed by atoms with Gasteiger partial charge in [0.1, 0.15) is 6.61 Å². The van der Waals surface area contributed by atoms with Gasteiger partial charge in [-0.25, -0.2) is 5.01 Å². The molecule has 11 nitrogen and oxygen atoms in total. The maximum absolute atomic E-state index is 14.4. The van der Waals surface area contributed by atoms with Crippen molar-refractivity contribution in [3.8, 4) is 0 Å². The van der Waals surface area contributed by atoms with Crippen molar-refractivity contribution in [3.63, 3.8) is 0 Å². The van der Waals surface area contributed by atoms with Crippen LogP contribution >= 0.6 is 11.8 Å².